The highest BCUT2D eigenvalue weighted by Crippen LogP contribution is 2.68. The van der Waals surface area contributed by atoms with Crippen molar-refractivity contribution in [1.29, 1.82) is 0 Å². The van der Waals surface area contributed by atoms with E-state index in [1.165, 1.54) is 38.5 Å². The van der Waals surface area contributed by atoms with E-state index in [1.54, 1.807) is 5.57 Å². The second-order valence-electron chi connectivity index (χ2n) is 14.1. The van der Waals surface area contributed by atoms with Crippen LogP contribution >= 0.6 is 0 Å². The Morgan fingerprint density at radius 2 is 1.59 bits per heavy atom. The molecule has 0 amide bonds. The number of allylic oxidation sites excluding steroid dienone is 1. The van der Waals surface area contributed by atoms with Gasteiger partial charge in [0.05, 0.1) is 11.7 Å². The molecule has 0 bridgehead atoms. The first kappa shape index (κ1) is 25.2. The summed E-state index contributed by atoms with van der Waals surface area (Å²) in [7, 11) is -3.27. The van der Waals surface area contributed by atoms with Gasteiger partial charge in [0.1, 0.15) is 0 Å². The molecule has 0 aromatic heterocycles. The van der Waals surface area contributed by atoms with Crippen LogP contribution in [0.3, 0.4) is 0 Å². The fraction of sp³-hybridized carbons (Fsp3) is 0.926. The van der Waals surface area contributed by atoms with E-state index in [4.69, 9.17) is 8.85 Å². The standard InChI is InChI=1S/C27H50O3Si2/c1-19(28)27(30-32(7,8)9)17-14-24-22-11-10-20-18-21(29-31(4,5)6)12-15-25(20,2)23(22)13-16-26(24,27)3/h10,19,21-24,28H,11-18H2,1-9H3/t19-,21-,22+,23-,24-,25-,26-,27-/m0/s1. The maximum absolute atomic E-state index is 11.1. The molecule has 8 atom stereocenters. The maximum atomic E-state index is 11.1. The Hall–Kier alpha value is 0.0538. The molecule has 32 heavy (non-hydrogen) atoms. The second kappa shape index (κ2) is 8.04. The highest BCUT2D eigenvalue weighted by Gasteiger charge is 2.66. The molecule has 0 aliphatic heterocycles. The summed E-state index contributed by atoms with van der Waals surface area (Å²) >= 11 is 0. The molecule has 4 aliphatic carbocycles. The number of hydrogen-bond acceptors (Lipinski definition) is 3. The Labute approximate surface area is 200 Å². The normalized spacial score (nSPS) is 45.5. The van der Waals surface area contributed by atoms with Gasteiger partial charge in [0.2, 0.25) is 0 Å². The topological polar surface area (TPSA) is 38.7 Å². The van der Waals surface area contributed by atoms with Crippen LogP contribution in [0.1, 0.15) is 72.1 Å². The number of aliphatic hydroxyl groups is 1. The zero-order chi connectivity index (χ0) is 23.7. The van der Waals surface area contributed by atoms with E-state index >= 15 is 0 Å². The van der Waals surface area contributed by atoms with Crippen LogP contribution in [0.15, 0.2) is 11.6 Å². The number of hydrogen-bond donors (Lipinski definition) is 1. The zero-order valence-corrected chi connectivity index (χ0v) is 24.4. The smallest absolute Gasteiger partial charge is 0.184 e. The summed E-state index contributed by atoms with van der Waals surface area (Å²) in [6.07, 6.45) is 12.3. The van der Waals surface area contributed by atoms with Crippen molar-refractivity contribution in [3.8, 4) is 0 Å². The first-order valence-corrected chi connectivity index (χ1v) is 20.2. The lowest BCUT2D eigenvalue weighted by atomic mass is 9.46. The SMILES string of the molecule is C[C@H](O)[C@@]1(O[Si](C)(C)C)CC[C@H]2[C@@H]3CC=C4C[C@@H](O[Si](C)(C)C)CC[C@]4(C)[C@H]3CC[C@@]21C. The molecule has 4 aliphatic rings. The third-order valence-electron chi connectivity index (χ3n) is 9.93. The van der Waals surface area contributed by atoms with Gasteiger partial charge >= 0.3 is 0 Å². The highest BCUT2D eigenvalue weighted by atomic mass is 28.4. The van der Waals surface area contributed by atoms with E-state index in [0.717, 1.165) is 24.7 Å². The molecule has 0 spiro atoms. The first-order chi connectivity index (χ1) is 14.6. The molecule has 0 saturated heterocycles. The quantitative estimate of drug-likeness (QED) is 0.337. The van der Waals surface area contributed by atoms with Crippen molar-refractivity contribution >= 4 is 16.6 Å². The van der Waals surface area contributed by atoms with E-state index in [9.17, 15) is 5.11 Å². The summed E-state index contributed by atoms with van der Waals surface area (Å²) in [4.78, 5) is 0. The van der Waals surface area contributed by atoms with Crippen molar-refractivity contribution in [2.45, 2.75) is 129 Å². The van der Waals surface area contributed by atoms with Gasteiger partial charge < -0.3 is 14.0 Å². The molecule has 5 heteroatoms. The molecule has 0 aromatic rings. The van der Waals surface area contributed by atoms with Crippen molar-refractivity contribution in [3.05, 3.63) is 11.6 Å². The van der Waals surface area contributed by atoms with Crippen LogP contribution in [0.5, 0.6) is 0 Å². The lowest BCUT2D eigenvalue weighted by Crippen LogP contribution is -2.61. The molecule has 3 fully saturated rings. The third kappa shape index (κ3) is 4.06. The van der Waals surface area contributed by atoms with E-state index in [-0.39, 0.29) is 11.0 Å². The highest BCUT2D eigenvalue weighted by molar-refractivity contribution is 6.70. The molecule has 0 heterocycles. The molecule has 0 unspecified atom stereocenters. The minimum atomic E-state index is -1.78. The summed E-state index contributed by atoms with van der Waals surface area (Å²) in [5.41, 5.74) is 1.78. The van der Waals surface area contributed by atoms with E-state index in [1.807, 2.05) is 6.92 Å². The second-order valence-corrected chi connectivity index (χ2v) is 23.0. The lowest BCUT2D eigenvalue weighted by molar-refractivity contribution is -0.159. The average molecular weight is 479 g/mol. The predicted octanol–water partition coefficient (Wildman–Crippen LogP) is 7.14. The Bertz CT molecular complexity index is 751. The van der Waals surface area contributed by atoms with Gasteiger partial charge in [-0.25, -0.2) is 0 Å². The zero-order valence-electron chi connectivity index (χ0n) is 22.4. The fourth-order valence-corrected chi connectivity index (χ4v) is 11.5. The lowest BCUT2D eigenvalue weighted by Gasteiger charge is -2.61. The van der Waals surface area contributed by atoms with Crippen molar-refractivity contribution < 1.29 is 14.0 Å². The van der Waals surface area contributed by atoms with Gasteiger partial charge in [-0.05, 0) is 121 Å². The summed E-state index contributed by atoms with van der Waals surface area (Å²) in [6.45, 7) is 20.9. The summed E-state index contributed by atoms with van der Waals surface area (Å²) in [6, 6.07) is 0. The maximum Gasteiger partial charge on any atom is 0.184 e. The minimum Gasteiger partial charge on any atom is -0.414 e. The first-order valence-electron chi connectivity index (χ1n) is 13.4. The third-order valence-corrected chi connectivity index (χ3v) is 11.9. The molecule has 3 saturated carbocycles. The molecule has 184 valence electrons. The van der Waals surface area contributed by atoms with Crippen molar-refractivity contribution in [2.75, 3.05) is 0 Å². The van der Waals surface area contributed by atoms with E-state index in [0.29, 0.717) is 17.4 Å². The summed E-state index contributed by atoms with van der Waals surface area (Å²) in [5, 5.41) is 11.1. The van der Waals surface area contributed by atoms with Crippen LogP contribution in [-0.2, 0) is 8.85 Å². The van der Waals surface area contributed by atoms with Crippen molar-refractivity contribution in [1.82, 2.24) is 0 Å². The number of aliphatic hydroxyl groups excluding tert-OH is 1. The van der Waals surface area contributed by atoms with Crippen molar-refractivity contribution in [3.63, 3.8) is 0 Å². The molecule has 4 rings (SSSR count). The Balaban J connectivity index is 1.61. The van der Waals surface area contributed by atoms with Crippen LogP contribution in [0.2, 0.25) is 39.3 Å². The van der Waals surface area contributed by atoms with E-state index in [2.05, 4.69) is 59.2 Å². The van der Waals surface area contributed by atoms with Gasteiger partial charge in [0.15, 0.2) is 16.6 Å². The van der Waals surface area contributed by atoms with Crippen LogP contribution in [0.25, 0.3) is 0 Å². The summed E-state index contributed by atoms with van der Waals surface area (Å²) < 4.78 is 13.5. The number of rotatable bonds is 5. The number of fused-ring (bicyclic) bond motifs is 5. The van der Waals surface area contributed by atoms with E-state index < -0.39 is 22.7 Å². The largest absolute Gasteiger partial charge is 0.414 e. The van der Waals surface area contributed by atoms with Gasteiger partial charge in [-0.3, -0.25) is 0 Å². The fourth-order valence-electron chi connectivity index (χ4n) is 8.75. The van der Waals surface area contributed by atoms with Gasteiger partial charge in [0, 0.05) is 11.5 Å². The van der Waals surface area contributed by atoms with Crippen LogP contribution in [0.4, 0.5) is 0 Å². The van der Waals surface area contributed by atoms with Gasteiger partial charge in [0.25, 0.3) is 0 Å². The van der Waals surface area contributed by atoms with Gasteiger partial charge in [-0.1, -0.05) is 25.5 Å². The average Bonchev–Trinajstić information content (AvgIpc) is 2.93. The molecule has 1 N–H and O–H groups in total. The van der Waals surface area contributed by atoms with Crippen LogP contribution in [-0.4, -0.2) is 39.6 Å². The Morgan fingerprint density at radius 1 is 0.938 bits per heavy atom. The Morgan fingerprint density at radius 3 is 2.19 bits per heavy atom. The summed E-state index contributed by atoms with van der Waals surface area (Å²) in [5.74, 6) is 2.19. The van der Waals surface area contributed by atoms with Gasteiger partial charge in [-0.15, -0.1) is 0 Å². The minimum absolute atomic E-state index is 0.0858. The molecule has 0 radical (unpaired) electrons. The molecular formula is C27H50O3Si2. The molecule has 0 aromatic carbocycles. The van der Waals surface area contributed by atoms with Crippen molar-refractivity contribution in [2.24, 2.45) is 28.6 Å². The predicted molar refractivity (Wildman–Crippen MR) is 139 cm³/mol. The molecule has 3 nitrogen and oxygen atoms in total. The van der Waals surface area contributed by atoms with Crippen LogP contribution < -0.4 is 0 Å². The van der Waals surface area contributed by atoms with Crippen LogP contribution in [0, 0.1) is 28.6 Å². The molecular weight excluding hydrogens is 428 g/mol. The monoisotopic (exact) mass is 478 g/mol. The van der Waals surface area contributed by atoms with Gasteiger partial charge in [-0.2, -0.15) is 0 Å². The Kier molecular flexibility index (Phi) is 6.32.